The van der Waals surface area contributed by atoms with Crippen LogP contribution in [-0.2, 0) is 11.3 Å². The Morgan fingerprint density at radius 2 is 2.03 bits per heavy atom. The monoisotopic (exact) mass is 441 g/mol. The summed E-state index contributed by atoms with van der Waals surface area (Å²) in [6, 6.07) is 6.80. The zero-order valence-corrected chi connectivity index (χ0v) is 18.1. The fraction of sp³-hybridized carbons (Fsp3) is 0.455. The Bertz CT molecular complexity index is 1260. The fourth-order valence-corrected chi connectivity index (χ4v) is 4.38. The van der Waals surface area contributed by atoms with Crippen molar-refractivity contribution in [3.8, 4) is 0 Å². The number of β-amino-alcohol motifs (C(OH)–C–C–N with tert-alkyl or cyclic N) is 1. The minimum Gasteiger partial charge on any atom is -0.391 e. The summed E-state index contributed by atoms with van der Waals surface area (Å²) in [5.74, 6) is -0.210. The Hall–Kier alpha value is -3.24. The van der Waals surface area contributed by atoms with Crippen LogP contribution in [0.5, 0.6) is 0 Å². The van der Waals surface area contributed by atoms with Crippen LogP contribution in [-0.4, -0.2) is 64.9 Å². The highest BCUT2D eigenvalue weighted by atomic mass is 16.3. The van der Waals surface area contributed by atoms with Gasteiger partial charge in [-0.2, -0.15) is 0 Å². The highest BCUT2D eigenvalue weighted by Gasteiger charge is 2.41. The maximum Gasteiger partial charge on any atom is 0.328 e. The maximum atomic E-state index is 13.1. The van der Waals surface area contributed by atoms with Gasteiger partial charge >= 0.3 is 5.69 Å². The van der Waals surface area contributed by atoms with Crippen molar-refractivity contribution in [2.45, 2.75) is 51.0 Å². The number of carbonyl (C=O) groups excluding carboxylic acids is 1. The number of likely N-dealkylation sites (tertiary alicyclic amines) is 1. The van der Waals surface area contributed by atoms with Gasteiger partial charge in [0.1, 0.15) is 0 Å². The molecule has 170 valence electrons. The number of fused-ring (bicyclic) bond motifs is 1. The van der Waals surface area contributed by atoms with Crippen molar-refractivity contribution in [3.05, 3.63) is 63.2 Å². The first-order valence-electron chi connectivity index (χ1n) is 10.6. The van der Waals surface area contributed by atoms with E-state index in [-0.39, 0.29) is 31.8 Å². The highest BCUT2D eigenvalue weighted by Crippen LogP contribution is 2.31. The van der Waals surface area contributed by atoms with Gasteiger partial charge in [0.25, 0.3) is 5.56 Å². The number of H-pyrrole nitrogens is 1. The number of hydrogen-bond donors (Lipinski definition) is 3. The molecule has 0 aliphatic carbocycles. The number of aromatic nitrogens is 4. The molecule has 2 aromatic heterocycles. The first-order chi connectivity index (χ1) is 15.2. The lowest BCUT2D eigenvalue weighted by Crippen LogP contribution is -2.47. The Morgan fingerprint density at radius 1 is 1.28 bits per heavy atom. The van der Waals surface area contributed by atoms with Crippen LogP contribution in [0.2, 0.25) is 0 Å². The molecule has 10 heteroatoms. The van der Waals surface area contributed by atoms with Crippen molar-refractivity contribution in [2.75, 3.05) is 13.1 Å². The van der Waals surface area contributed by atoms with Gasteiger partial charge in [-0.25, -0.2) is 9.78 Å². The Kier molecular flexibility index (Phi) is 5.74. The third-order valence-corrected chi connectivity index (χ3v) is 6.12. The molecule has 0 radical (unpaired) electrons. The van der Waals surface area contributed by atoms with E-state index < -0.39 is 29.0 Å². The summed E-state index contributed by atoms with van der Waals surface area (Å²) in [4.78, 5) is 45.4. The summed E-state index contributed by atoms with van der Waals surface area (Å²) >= 11 is 0. The van der Waals surface area contributed by atoms with Crippen LogP contribution < -0.4 is 11.2 Å². The molecule has 4 rings (SSSR count). The Balaban J connectivity index is 1.58. The lowest BCUT2D eigenvalue weighted by atomic mass is 9.91. The Morgan fingerprint density at radius 3 is 2.81 bits per heavy atom. The van der Waals surface area contributed by atoms with E-state index >= 15 is 0 Å². The van der Waals surface area contributed by atoms with E-state index in [9.17, 15) is 24.6 Å². The van der Waals surface area contributed by atoms with Crippen molar-refractivity contribution in [1.82, 2.24) is 24.0 Å². The molecule has 1 aliphatic heterocycles. The van der Waals surface area contributed by atoms with Crippen LogP contribution in [0.1, 0.15) is 31.4 Å². The summed E-state index contributed by atoms with van der Waals surface area (Å²) in [5.41, 5.74) is -0.556. The van der Waals surface area contributed by atoms with Crippen molar-refractivity contribution in [1.29, 1.82) is 0 Å². The first kappa shape index (κ1) is 22.0. The quantitative estimate of drug-likeness (QED) is 0.529. The minimum absolute atomic E-state index is 0.0157. The smallest absolute Gasteiger partial charge is 0.328 e. The number of aromatic amines is 1. The third-order valence-electron chi connectivity index (χ3n) is 6.12. The van der Waals surface area contributed by atoms with E-state index in [0.29, 0.717) is 12.1 Å². The number of rotatable bonds is 4. The fourth-order valence-electron chi connectivity index (χ4n) is 4.38. The van der Waals surface area contributed by atoms with Gasteiger partial charge in [0, 0.05) is 44.2 Å². The molecule has 1 amide bonds. The maximum absolute atomic E-state index is 13.1. The number of para-hydroxylation sites is 2. The minimum atomic E-state index is -1.47. The second-order valence-electron chi connectivity index (χ2n) is 8.68. The zero-order chi connectivity index (χ0) is 23.0. The van der Waals surface area contributed by atoms with Crippen molar-refractivity contribution < 1.29 is 15.0 Å². The number of benzene rings is 1. The number of nitrogens with one attached hydrogen (secondary N) is 1. The van der Waals surface area contributed by atoms with E-state index in [1.165, 1.54) is 22.6 Å². The van der Waals surface area contributed by atoms with Gasteiger partial charge in [-0.15, -0.1) is 0 Å². The first-order valence-corrected chi connectivity index (χ1v) is 10.6. The number of nitrogens with zero attached hydrogens (tertiary/aromatic N) is 4. The number of imidazole rings is 1. The average molecular weight is 441 g/mol. The van der Waals surface area contributed by atoms with Crippen molar-refractivity contribution in [3.63, 3.8) is 0 Å². The molecule has 32 heavy (non-hydrogen) atoms. The molecule has 0 spiro atoms. The number of aliphatic hydroxyl groups is 2. The molecule has 1 aromatic carbocycles. The number of carbonyl (C=O) groups is 1. The molecule has 1 aliphatic rings. The van der Waals surface area contributed by atoms with Crippen molar-refractivity contribution >= 4 is 16.9 Å². The number of aliphatic hydroxyl groups excluding tert-OH is 1. The van der Waals surface area contributed by atoms with Crippen LogP contribution in [0, 0.1) is 6.92 Å². The molecular weight excluding hydrogens is 414 g/mol. The summed E-state index contributed by atoms with van der Waals surface area (Å²) in [6.45, 7) is 3.57. The number of aryl methyl sites for hydroxylation is 2. The lowest BCUT2D eigenvalue weighted by Gasteiger charge is -2.34. The van der Waals surface area contributed by atoms with Crippen LogP contribution in [0.4, 0.5) is 0 Å². The van der Waals surface area contributed by atoms with E-state index in [0.717, 1.165) is 11.0 Å². The van der Waals surface area contributed by atoms with Crippen LogP contribution in [0.15, 0.2) is 46.4 Å². The van der Waals surface area contributed by atoms with E-state index in [2.05, 4.69) is 9.97 Å². The molecule has 3 N–H and O–H groups in total. The van der Waals surface area contributed by atoms with Crippen LogP contribution in [0.25, 0.3) is 11.0 Å². The predicted octanol–water partition coefficient (Wildman–Crippen LogP) is 0.170. The highest BCUT2D eigenvalue weighted by molar-refractivity contribution is 5.77. The van der Waals surface area contributed by atoms with Gasteiger partial charge in [0.05, 0.1) is 35.1 Å². The predicted molar refractivity (Wildman–Crippen MR) is 117 cm³/mol. The second-order valence-corrected chi connectivity index (χ2v) is 8.68. The summed E-state index contributed by atoms with van der Waals surface area (Å²) < 4.78 is 3.14. The van der Waals surface area contributed by atoms with Crippen molar-refractivity contribution in [2.24, 2.45) is 0 Å². The van der Waals surface area contributed by atoms with Gasteiger partial charge in [-0.05, 0) is 26.0 Å². The molecule has 10 nitrogen and oxygen atoms in total. The third kappa shape index (κ3) is 4.23. The summed E-state index contributed by atoms with van der Waals surface area (Å²) in [5, 5.41) is 21.5. The molecule has 0 bridgehead atoms. The number of hydrogen-bond acceptors (Lipinski definition) is 6. The van der Waals surface area contributed by atoms with E-state index in [4.69, 9.17) is 0 Å². The molecular formula is C22H27N5O5. The summed E-state index contributed by atoms with van der Waals surface area (Å²) in [6.07, 6.45) is 2.27. The van der Waals surface area contributed by atoms with Crippen LogP contribution in [0.3, 0.4) is 0 Å². The van der Waals surface area contributed by atoms with Gasteiger partial charge in [0.15, 0.2) is 0 Å². The zero-order valence-electron chi connectivity index (χ0n) is 18.1. The molecule has 3 aromatic rings. The molecule has 1 fully saturated rings. The molecule has 1 saturated heterocycles. The molecule has 0 unspecified atom stereocenters. The standard InChI is InChI=1S/C22H27N5O5/c1-14-10-27(21(31)24-20(14)30)18-12-26(11-15(28)9-22(18,2)32)19(29)7-8-25-13-23-16-5-3-4-6-17(16)25/h3-6,10,13,15,18,28,32H,7-9,11-12H2,1-2H3,(H,24,30,31)/t15-,18+,22+/m1/s1. The van der Waals surface area contributed by atoms with Gasteiger partial charge in [0.2, 0.25) is 5.91 Å². The van der Waals surface area contributed by atoms with Gasteiger partial charge < -0.3 is 19.7 Å². The largest absolute Gasteiger partial charge is 0.391 e. The molecule has 0 saturated carbocycles. The van der Waals surface area contributed by atoms with Gasteiger partial charge in [-0.3, -0.25) is 19.1 Å². The van der Waals surface area contributed by atoms with E-state index in [1.54, 1.807) is 13.3 Å². The summed E-state index contributed by atoms with van der Waals surface area (Å²) in [7, 11) is 0. The topological polar surface area (TPSA) is 133 Å². The van der Waals surface area contributed by atoms with Gasteiger partial charge in [-0.1, -0.05) is 12.1 Å². The normalized spacial score (nSPS) is 23.9. The second kappa shape index (κ2) is 8.36. The molecule has 3 atom stereocenters. The van der Waals surface area contributed by atoms with Crippen LogP contribution >= 0.6 is 0 Å². The molecule has 3 heterocycles. The Labute approximate surface area is 183 Å². The van der Waals surface area contributed by atoms with E-state index in [1.807, 2.05) is 28.8 Å². The lowest BCUT2D eigenvalue weighted by molar-refractivity contribution is -0.133. The number of amides is 1. The SMILES string of the molecule is Cc1cn([C@H]2CN(C(=O)CCn3cnc4ccccc43)C[C@H](O)C[C@]2(C)O)c(=O)[nH]c1=O. The average Bonchev–Trinajstić information content (AvgIpc) is 3.09.